The molecule has 4 nitrogen and oxygen atoms in total. The molecule has 21 heavy (non-hydrogen) atoms. The normalized spacial score (nSPS) is 14.4. The second-order valence-corrected chi connectivity index (χ2v) is 4.75. The van der Waals surface area contributed by atoms with Crippen molar-refractivity contribution < 1.29 is 0 Å². The van der Waals surface area contributed by atoms with Crippen molar-refractivity contribution >= 4 is 17.2 Å². The largest absolute Gasteiger partial charge is 0.399 e. The van der Waals surface area contributed by atoms with E-state index in [9.17, 15) is 0 Å². The SMILES string of the molecule is CC.Nc1ccc(N2CCN(c3ccccn3)CC2)cc1. The molecule has 0 bridgehead atoms. The van der Waals surface area contributed by atoms with Gasteiger partial charge in [0.15, 0.2) is 0 Å². The molecule has 0 saturated carbocycles. The molecule has 2 N–H and O–H groups in total. The van der Waals surface area contributed by atoms with Crippen LogP contribution in [0.25, 0.3) is 0 Å². The van der Waals surface area contributed by atoms with Crippen LogP contribution in [0.15, 0.2) is 48.7 Å². The van der Waals surface area contributed by atoms with Crippen molar-refractivity contribution in [3.05, 3.63) is 48.7 Å². The lowest BCUT2D eigenvalue weighted by molar-refractivity contribution is 0.647. The lowest BCUT2D eigenvalue weighted by atomic mass is 10.2. The summed E-state index contributed by atoms with van der Waals surface area (Å²) in [6.07, 6.45) is 1.85. The standard InChI is InChI=1S/C15H18N4.C2H6/c16-13-4-6-14(7-5-13)18-9-11-19(12-10-18)15-3-1-2-8-17-15;1-2/h1-8H,9-12,16H2;1-2H3. The van der Waals surface area contributed by atoms with Crippen molar-refractivity contribution in [2.75, 3.05) is 41.7 Å². The van der Waals surface area contributed by atoms with Gasteiger partial charge in [0.25, 0.3) is 0 Å². The van der Waals surface area contributed by atoms with Crippen molar-refractivity contribution in [3.63, 3.8) is 0 Å². The van der Waals surface area contributed by atoms with Crippen LogP contribution in [0.4, 0.5) is 17.2 Å². The van der Waals surface area contributed by atoms with E-state index in [-0.39, 0.29) is 0 Å². The Kier molecular flexibility index (Phi) is 5.43. The minimum Gasteiger partial charge on any atom is -0.399 e. The maximum Gasteiger partial charge on any atom is 0.128 e. The van der Waals surface area contributed by atoms with E-state index in [1.807, 2.05) is 44.3 Å². The Morgan fingerprint density at radius 2 is 1.48 bits per heavy atom. The fraction of sp³-hybridized carbons (Fsp3) is 0.353. The van der Waals surface area contributed by atoms with E-state index in [0.717, 1.165) is 37.7 Å². The third-order valence-electron chi connectivity index (χ3n) is 3.51. The van der Waals surface area contributed by atoms with Gasteiger partial charge < -0.3 is 15.5 Å². The highest BCUT2D eigenvalue weighted by atomic mass is 15.3. The number of pyridine rings is 1. The number of benzene rings is 1. The van der Waals surface area contributed by atoms with Crippen molar-refractivity contribution in [2.24, 2.45) is 0 Å². The maximum atomic E-state index is 5.72. The number of nitrogens with zero attached hydrogens (tertiary/aromatic N) is 3. The number of hydrogen-bond donors (Lipinski definition) is 1. The smallest absolute Gasteiger partial charge is 0.128 e. The Morgan fingerprint density at radius 3 is 2.05 bits per heavy atom. The van der Waals surface area contributed by atoms with Gasteiger partial charge in [0.2, 0.25) is 0 Å². The summed E-state index contributed by atoms with van der Waals surface area (Å²) in [6.45, 7) is 8.03. The highest BCUT2D eigenvalue weighted by Crippen LogP contribution is 2.20. The monoisotopic (exact) mass is 284 g/mol. The zero-order valence-electron chi connectivity index (χ0n) is 12.9. The predicted octanol–water partition coefficient (Wildman–Crippen LogP) is 3.02. The molecule has 2 heterocycles. The van der Waals surface area contributed by atoms with Crippen LogP contribution < -0.4 is 15.5 Å². The van der Waals surface area contributed by atoms with E-state index in [2.05, 4.69) is 33.0 Å². The lowest BCUT2D eigenvalue weighted by Crippen LogP contribution is -2.46. The zero-order chi connectivity index (χ0) is 15.1. The van der Waals surface area contributed by atoms with E-state index in [1.165, 1.54) is 5.69 Å². The third kappa shape index (κ3) is 3.88. The molecular weight excluding hydrogens is 260 g/mol. The van der Waals surface area contributed by atoms with Crippen molar-refractivity contribution in [1.82, 2.24) is 4.98 Å². The van der Waals surface area contributed by atoms with Crippen LogP contribution in [0.5, 0.6) is 0 Å². The average molecular weight is 284 g/mol. The summed E-state index contributed by atoms with van der Waals surface area (Å²) in [4.78, 5) is 9.12. The summed E-state index contributed by atoms with van der Waals surface area (Å²) >= 11 is 0. The van der Waals surface area contributed by atoms with Crippen molar-refractivity contribution in [1.29, 1.82) is 0 Å². The van der Waals surface area contributed by atoms with Gasteiger partial charge in [0.05, 0.1) is 0 Å². The van der Waals surface area contributed by atoms with Crippen LogP contribution >= 0.6 is 0 Å². The van der Waals surface area contributed by atoms with E-state index in [1.54, 1.807) is 0 Å². The summed E-state index contributed by atoms with van der Waals surface area (Å²) in [5.74, 6) is 1.07. The zero-order valence-corrected chi connectivity index (χ0v) is 12.9. The first-order valence-electron chi connectivity index (χ1n) is 7.59. The molecule has 1 fully saturated rings. The molecule has 112 valence electrons. The van der Waals surface area contributed by atoms with Crippen LogP contribution in [0.1, 0.15) is 13.8 Å². The van der Waals surface area contributed by atoms with Gasteiger partial charge in [-0.25, -0.2) is 4.98 Å². The third-order valence-corrected chi connectivity index (χ3v) is 3.51. The minimum atomic E-state index is 0.816. The Morgan fingerprint density at radius 1 is 0.857 bits per heavy atom. The summed E-state index contributed by atoms with van der Waals surface area (Å²) in [7, 11) is 0. The van der Waals surface area contributed by atoms with E-state index < -0.39 is 0 Å². The second kappa shape index (κ2) is 7.53. The molecule has 1 aromatic heterocycles. The maximum absolute atomic E-state index is 5.72. The Balaban J connectivity index is 0.000000774. The van der Waals surface area contributed by atoms with E-state index in [4.69, 9.17) is 5.73 Å². The van der Waals surface area contributed by atoms with Crippen molar-refractivity contribution in [2.45, 2.75) is 13.8 Å². The summed E-state index contributed by atoms with van der Waals surface area (Å²) in [6, 6.07) is 14.2. The molecule has 0 atom stereocenters. The van der Waals surface area contributed by atoms with Gasteiger partial charge >= 0.3 is 0 Å². The molecule has 1 aliphatic rings. The van der Waals surface area contributed by atoms with Gasteiger partial charge in [-0.2, -0.15) is 0 Å². The van der Waals surface area contributed by atoms with Crippen LogP contribution in [-0.4, -0.2) is 31.2 Å². The van der Waals surface area contributed by atoms with E-state index >= 15 is 0 Å². The quantitative estimate of drug-likeness (QED) is 0.861. The van der Waals surface area contributed by atoms with Gasteiger partial charge in [0, 0.05) is 43.8 Å². The molecule has 1 aromatic carbocycles. The molecule has 4 heteroatoms. The molecule has 0 spiro atoms. The number of hydrogen-bond acceptors (Lipinski definition) is 4. The Labute approximate surface area is 127 Å². The van der Waals surface area contributed by atoms with Gasteiger partial charge in [-0.05, 0) is 36.4 Å². The molecule has 2 aromatic rings. The van der Waals surface area contributed by atoms with Crippen LogP contribution in [0, 0.1) is 0 Å². The van der Waals surface area contributed by atoms with Crippen LogP contribution in [-0.2, 0) is 0 Å². The Hall–Kier alpha value is -2.23. The Bertz CT molecular complexity index is 516. The lowest BCUT2D eigenvalue weighted by Gasteiger charge is -2.36. The molecule has 1 saturated heterocycles. The first-order valence-corrected chi connectivity index (χ1v) is 7.59. The predicted molar refractivity (Wildman–Crippen MR) is 90.9 cm³/mol. The molecule has 0 aliphatic carbocycles. The molecule has 0 amide bonds. The molecule has 0 radical (unpaired) electrons. The van der Waals surface area contributed by atoms with Crippen LogP contribution in [0.2, 0.25) is 0 Å². The molecule has 3 rings (SSSR count). The highest BCUT2D eigenvalue weighted by molar-refractivity contribution is 5.54. The first kappa shape index (κ1) is 15.2. The number of nitrogen functional groups attached to an aromatic ring is 1. The number of piperazine rings is 1. The number of rotatable bonds is 2. The number of anilines is 3. The second-order valence-electron chi connectivity index (χ2n) is 4.75. The first-order chi connectivity index (χ1) is 10.3. The molecular formula is C17H24N4. The van der Waals surface area contributed by atoms with Crippen molar-refractivity contribution in [3.8, 4) is 0 Å². The molecule has 0 unspecified atom stereocenters. The van der Waals surface area contributed by atoms with Crippen LogP contribution in [0.3, 0.4) is 0 Å². The fourth-order valence-electron chi connectivity index (χ4n) is 2.42. The van der Waals surface area contributed by atoms with E-state index in [0.29, 0.717) is 0 Å². The van der Waals surface area contributed by atoms with Gasteiger partial charge in [0.1, 0.15) is 5.82 Å². The minimum absolute atomic E-state index is 0.816. The summed E-state index contributed by atoms with van der Waals surface area (Å²) in [5, 5.41) is 0. The van der Waals surface area contributed by atoms with Gasteiger partial charge in [-0.15, -0.1) is 0 Å². The summed E-state index contributed by atoms with van der Waals surface area (Å²) in [5.41, 5.74) is 7.78. The number of aromatic nitrogens is 1. The van der Waals surface area contributed by atoms with Gasteiger partial charge in [-0.3, -0.25) is 0 Å². The fourth-order valence-corrected chi connectivity index (χ4v) is 2.42. The highest BCUT2D eigenvalue weighted by Gasteiger charge is 2.17. The average Bonchev–Trinajstić information content (AvgIpc) is 2.58. The van der Waals surface area contributed by atoms with Gasteiger partial charge in [-0.1, -0.05) is 19.9 Å². The number of nitrogens with two attached hydrogens (primary N) is 1. The topological polar surface area (TPSA) is 45.4 Å². The molecule has 1 aliphatic heterocycles. The summed E-state index contributed by atoms with van der Waals surface area (Å²) < 4.78 is 0.